The first-order valence-electron chi connectivity index (χ1n) is 10.2. The van der Waals surface area contributed by atoms with E-state index >= 15 is 0 Å². The molecular formula is C21H19N5O7. The highest BCUT2D eigenvalue weighted by molar-refractivity contribution is 5.91. The van der Waals surface area contributed by atoms with Gasteiger partial charge >= 0.3 is 5.97 Å². The van der Waals surface area contributed by atoms with E-state index in [-0.39, 0.29) is 28.7 Å². The van der Waals surface area contributed by atoms with E-state index in [1.165, 1.54) is 43.3 Å². The maximum atomic E-state index is 12.6. The van der Waals surface area contributed by atoms with E-state index in [9.17, 15) is 25.0 Å². The molecule has 1 aromatic heterocycles. The van der Waals surface area contributed by atoms with Crippen molar-refractivity contribution >= 4 is 23.0 Å². The van der Waals surface area contributed by atoms with Crippen molar-refractivity contribution in [2.45, 2.75) is 25.9 Å². The number of hydrogen-bond acceptors (Lipinski definition) is 10. The Morgan fingerprint density at radius 2 is 1.76 bits per heavy atom. The summed E-state index contributed by atoms with van der Waals surface area (Å²) < 4.78 is 10.9. The van der Waals surface area contributed by atoms with Crippen LogP contribution in [0.1, 0.15) is 42.1 Å². The van der Waals surface area contributed by atoms with Crippen molar-refractivity contribution in [3.05, 3.63) is 74.1 Å². The summed E-state index contributed by atoms with van der Waals surface area (Å²) in [6.07, 6.45) is 1.00. The largest absolute Gasteiger partial charge is 0.449 e. The summed E-state index contributed by atoms with van der Waals surface area (Å²) in [5, 5.41) is 30.1. The third-order valence-corrected chi connectivity index (χ3v) is 5.25. The van der Waals surface area contributed by atoms with Crippen LogP contribution in [0.4, 0.5) is 17.1 Å². The SMILES string of the molecule is CC(OC(=O)c1ccc(N2CCCC2)c([N+](=O)[O-])c1)c1nnc(-c2ccc([N+](=O)[O-])cc2)o1. The molecule has 0 saturated carbocycles. The number of ether oxygens (including phenoxy) is 1. The summed E-state index contributed by atoms with van der Waals surface area (Å²) in [4.78, 5) is 35.8. The van der Waals surface area contributed by atoms with Crippen molar-refractivity contribution < 1.29 is 23.8 Å². The monoisotopic (exact) mass is 453 g/mol. The smallest absolute Gasteiger partial charge is 0.339 e. The zero-order chi connectivity index (χ0) is 23.5. The molecule has 170 valence electrons. The van der Waals surface area contributed by atoms with Crippen molar-refractivity contribution in [3.63, 3.8) is 0 Å². The van der Waals surface area contributed by atoms with Crippen LogP contribution in [-0.2, 0) is 4.74 Å². The van der Waals surface area contributed by atoms with Gasteiger partial charge in [0.2, 0.25) is 5.89 Å². The van der Waals surface area contributed by atoms with Gasteiger partial charge in [0.1, 0.15) is 5.69 Å². The van der Waals surface area contributed by atoms with Gasteiger partial charge < -0.3 is 14.1 Å². The first kappa shape index (κ1) is 21.9. The Morgan fingerprint density at radius 3 is 2.39 bits per heavy atom. The van der Waals surface area contributed by atoms with Crippen molar-refractivity contribution in [1.29, 1.82) is 0 Å². The number of aromatic nitrogens is 2. The van der Waals surface area contributed by atoms with Gasteiger partial charge in [-0.1, -0.05) is 0 Å². The fraction of sp³-hybridized carbons (Fsp3) is 0.286. The van der Waals surface area contributed by atoms with Crippen LogP contribution in [0.3, 0.4) is 0 Å². The molecule has 2 heterocycles. The number of rotatable bonds is 7. The molecule has 12 heteroatoms. The maximum Gasteiger partial charge on any atom is 0.339 e. The van der Waals surface area contributed by atoms with Gasteiger partial charge in [-0.3, -0.25) is 20.2 Å². The molecule has 3 aromatic rings. The summed E-state index contributed by atoms with van der Waals surface area (Å²) in [5.41, 5.74) is 0.743. The van der Waals surface area contributed by atoms with Gasteiger partial charge in [-0.05, 0) is 44.0 Å². The Hall–Kier alpha value is -4.35. The van der Waals surface area contributed by atoms with Crippen LogP contribution in [0.2, 0.25) is 0 Å². The standard InChI is InChI=1S/C21H19N5O7/c1-13(19-22-23-20(33-19)14-4-7-16(8-5-14)25(28)29)32-21(27)15-6-9-17(18(12-15)26(30)31)24-10-2-3-11-24/h4-9,12-13H,2-3,10-11H2,1H3. The lowest BCUT2D eigenvalue weighted by Crippen LogP contribution is -2.19. The molecular weight excluding hydrogens is 434 g/mol. The normalized spacial score (nSPS) is 14.2. The van der Waals surface area contributed by atoms with E-state index in [0.29, 0.717) is 11.3 Å². The first-order valence-corrected chi connectivity index (χ1v) is 10.2. The van der Waals surface area contributed by atoms with Gasteiger partial charge in [0.05, 0.1) is 15.4 Å². The number of nitrogens with zero attached hydrogens (tertiary/aromatic N) is 5. The second-order valence-corrected chi connectivity index (χ2v) is 7.45. The van der Waals surface area contributed by atoms with Crippen molar-refractivity contribution in [2.75, 3.05) is 18.0 Å². The van der Waals surface area contributed by atoms with E-state index in [2.05, 4.69) is 10.2 Å². The summed E-state index contributed by atoms with van der Waals surface area (Å²) >= 11 is 0. The second kappa shape index (κ2) is 9.02. The van der Waals surface area contributed by atoms with Gasteiger partial charge in [-0.2, -0.15) is 0 Å². The molecule has 0 spiro atoms. The molecule has 1 aliphatic heterocycles. The molecule has 1 saturated heterocycles. The highest BCUT2D eigenvalue weighted by Crippen LogP contribution is 2.32. The third-order valence-electron chi connectivity index (χ3n) is 5.25. The van der Waals surface area contributed by atoms with Crippen LogP contribution in [0.15, 0.2) is 46.9 Å². The van der Waals surface area contributed by atoms with Crippen LogP contribution in [0, 0.1) is 20.2 Å². The molecule has 0 N–H and O–H groups in total. The Labute approximate surface area is 187 Å². The predicted molar refractivity (Wildman–Crippen MR) is 115 cm³/mol. The van der Waals surface area contributed by atoms with Crippen LogP contribution in [0.25, 0.3) is 11.5 Å². The third kappa shape index (κ3) is 4.63. The summed E-state index contributed by atoms with van der Waals surface area (Å²) in [6, 6.07) is 9.80. The van der Waals surface area contributed by atoms with E-state index in [1.54, 1.807) is 6.07 Å². The minimum absolute atomic E-state index is 0.0138. The summed E-state index contributed by atoms with van der Waals surface area (Å²) in [6.45, 7) is 2.99. The number of hydrogen-bond donors (Lipinski definition) is 0. The van der Waals surface area contributed by atoms with E-state index in [0.717, 1.165) is 25.9 Å². The summed E-state index contributed by atoms with van der Waals surface area (Å²) in [5.74, 6) is -0.651. The zero-order valence-corrected chi connectivity index (χ0v) is 17.5. The van der Waals surface area contributed by atoms with Gasteiger partial charge in [0.15, 0.2) is 6.10 Å². The zero-order valence-electron chi connectivity index (χ0n) is 17.5. The fourth-order valence-corrected chi connectivity index (χ4v) is 3.54. The Kier molecular flexibility index (Phi) is 5.98. The Bertz CT molecular complexity index is 1200. The average Bonchev–Trinajstić information content (AvgIpc) is 3.51. The fourth-order valence-electron chi connectivity index (χ4n) is 3.54. The second-order valence-electron chi connectivity index (χ2n) is 7.45. The highest BCUT2D eigenvalue weighted by atomic mass is 16.6. The number of carbonyl (C=O) groups excluding carboxylic acids is 1. The van der Waals surface area contributed by atoms with Crippen LogP contribution >= 0.6 is 0 Å². The molecule has 33 heavy (non-hydrogen) atoms. The van der Waals surface area contributed by atoms with Gasteiger partial charge in [0.25, 0.3) is 17.3 Å². The molecule has 2 aromatic carbocycles. The minimum atomic E-state index is -0.922. The lowest BCUT2D eigenvalue weighted by Gasteiger charge is -2.18. The minimum Gasteiger partial charge on any atom is -0.449 e. The Balaban J connectivity index is 1.48. The molecule has 4 rings (SSSR count). The van der Waals surface area contributed by atoms with E-state index in [1.807, 2.05) is 4.90 Å². The van der Waals surface area contributed by atoms with Crippen molar-refractivity contribution in [2.24, 2.45) is 0 Å². The number of anilines is 1. The lowest BCUT2D eigenvalue weighted by molar-refractivity contribution is -0.384. The van der Waals surface area contributed by atoms with Gasteiger partial charge in [-0.25, -0.2) is 4.79 Å². The number of nitro groups is 2. The number of esters is 1. The summed E-state index contributed by atoms with van der Waals surface area (Å²) in [7, 11) is 0. The van der Waals surface area contributed by atoms with Gasteiger partial charge in [0, 0.05) is 36.9 Å². The van der Waals surface area contributed by atoms with Crippen LogP contribution in [-0.4, -0.2) is 39.1 Å². The molecule has 12 nitrogen and oxygen atoms in total. The lowest BCUT2D eigenvalue weighted by atomic mass is 10.1. The molecule has 0 aliphatic carbocycles. The van der Waals surface area contributed by atoms with Crippen LogP contribution < -0.4 is 4.90 Å². The van der Waals surface area contributed by atoms with Crippen molar-refractivity contribution in [1.82, 2.24) is 10.2 Å². The maximum absolute atomic E-state index is 12.6. The number of benzene rings is 2. The quantitative estimate of drug-likeness (QED) is 0.290. The molecule has 0 bridgehead atoms. The molecule has 0 amide bonds. The molecule has 1 atom stereocenters. The van der Waals surface area contributed by atoms with Crippen LogP contribution in [0.5, 0.6) is 0 Å². The Morgan fingerprint density at radius 1 is 1.06 bits per heavy atom. The number of non-ortho nitro benzene ring substituents is 1. The predicted octanol–water partition coefficient (Wildman–Crippen LogP) is 4.07. The van der Waals surface area contributed by atoms with Gasteiger partial charge in [-0.15, -0.1) is 10.2 Å². The molecule has 1 unspecified atom stereocenters. The number of carbonyl (C=O) groups is 1. The molecule has 0 radical (unpaired) electrons. The number of nitro benzene ring substituents is 2. The molecule has 1 aliphatic rings. The first-order chi connectivity index (χ1) is 15.8. The van der Waals surface area contributed by atoms with E-state index < -0.39 is 21.9 Å². The highest BCUT2D eigenvalue weighted by Gasteiger charge is 2.26. The topological polar surface area (TPSA) is 155 Å². The molecule has 1 fully saturated rings. The van der Waals surface area contributed by atoms with E-state index in [4.69, 9.17) is 9.15 Å². The average molecular weight is 453 g/mol. The van der Waals surface area contributed by atoms with Crippen molar-refractivity contribution in [3.8, 4) is 11.5 Å².